The molecule has 1 fully saturated rings. The Kier molecular flexibility index (Phi) is 5.43. The summed E-state index contributed by atoms with van der Waals surface area (Å²) in [7, 11) is 0. The van der Waals surface area contributed by atoms with Crippen molar-refractivity contribution in [2.24, 2.45) is 5.92 Å². The fourth-order valence-electron chi connectivity index (χ4n) is 3.49. The quantitative estimate of drug-likeness (QED) is 0.756. The Morgan fingerprint density at radius 3 is 2.57 bits per heavy atom. The van der Waals surface area contributed by atoms with E-state index in [2.05, 4.69) is 33.0 Å². The third kappa shape index (κ3) is 4.81. The molecule has 21 heavy (non-hydrogen) atoms. The normalized spacial score (nSPS) is 23.9. The van der Waals surface area contributed by atoms with Gasteiger partial charge in [0, 0.05) is 5.54 Å². The highest BCUT2D eigenvalue weighted by Gasteiger charge is 2.27. The fraction of sp³-hybridized carbons (Fsp3) is 0.684. The molecule has 0 amide bonds. The topological polar surface area (TPSA) is 12.0 Å². The van der Waals surface area contributed by atoms with Gasteiger partial charge in [-0.3, -0.25) is 0 Å². The minimum Gasteiger partial charge on any atom is -0.312 e. The Balaban J connectivity index is 2.20. The van der Waals surface area contributed by atoms with Gasteiger partial charge in [-0.05, 0) is 82.2 Å². The van der Waals surface area contributed by atoms with Crippen LogP contribution in [0, 0.1) is 18.7 Å². The summed E-state index contributed by atoms with van der Waals surface area (Å²) < 4.78 is 13.7. The van der Waals surface area contributed by atoms with E-state index in [-0.39, 0.29) is 11.4 Å². The highest BCUT2D eigenvalue weighted by molar-refractivity contribution is 5.30. The Morgan fingerprint density at radius 2 is 1.86 bits per heavy atom. The van der Waals surface area contributed by atoms with Crippen molar-refractivity contribution in [3.63, 3.8) is 0 Å². The lowest BCUT2D eigenvalue weighted by atomic mass is 9.80. The molecule has 1 aliphatic rings. The van der Waals surface area contributed by atoms with Crippen molar-refractivity contribution in [1.29, 1.82) is 0 Å². The van der Waals surface area contributed by atoms with E-state index in [1.165, 1.54) is 43.2 Å². The van der Waals surface area contributed by atoms with Gasteiger partial charge < -0.3 is 5.32 Å². The first-order valence-corrected chi connectivity index (χ1v) is 8.38. The molecule has 0 aliphatic heterocycles. The standard InChI is InChI=1S/C19H30FN/c1-14-10-11-16(20)12-18(14)17-9-7-5-6-8-15(17)13-21-19(2,3)4/h10-12,15,17,21H,5-9,13H2,1-4H3. The van der Waals surface area contributed by atoms with Crippen molar-refractivity contribution < 1.29 is 4.39 Å². The maximum atomic E-state index is 13.7. The second-order valence-corrected chi connectivity index (χ2v) is 7.64. The van der Waals surface area contributed by atoms with Gasteiger partial charge in [-0.15, -0.1) is 0 Å². The summed E-state index contributed by atoms with van der Waals surface area (Å²) >= 11 is 0. The largest absolute Gasteiger partial charge is 0.312 e. The van der Waals surface area contributed by atoms with Crippen molar-refractivity contribution in [1.82, 2.24) is 5.32 Å². The average molecular weight is 291 g/mol. The van der Waals surface area contributed by atoms with Crippen LogP contribution in [0.1, 0.15) is 69.9 Å². The first kappa shape index (κ1) is 16.5. The zero-order valence-electron chi connectivity index (χ0n) is 14.0. The second kappa shape index (κ2) is 6.91. The summed E-state index contributed by atoms with van der Waals surface area (Å²) in [5.41, 5.74) is 2.62. The van der Waals surface area contributed by atoms with Crippen LogP contribution in [0.25, 0.3) is 0 Å². The number of rotatable bonds is 3. The van der Waals surface area contributed by atoms with E-state index in [4.69, 9.17) is 0 Å². The Bertz CT molecular complexity index is 461. The smallest absolute Gasteiger partial charge is 0.123 e. The average Bonchev–Trinajstić information content (AvgIpc) is 2.63. The molecule has 1 aromatic rings. The van der Waals surface area contributed by atoms with Gasteiger partial charge in [0.2, 0.25) is 0 Å². The predicted octanol–water partition coefficient (Wildman–Crippen LogP) is 5.19. The maximum Gasteiger partial charge on any atom is 0.123 e. The third-order valence-corrected chi connectivity index (χ3v) is 4.69. The van der Waals surface area contributed by atoms with Crippen molar-refractivity contribution in [3.8, 4) is 0 Å². The third-order valence-electron chi connectivity index (χ3n) is 4.69. The van der Waals surface area contributed by atoms with Crippen molar-refractivity contribution in [3.05, 3.63) is 35.1 Å². The van der Waals surface area contributed by atoms with Crippen LogP contribution in [0.2, 0.25) is 0 Å². The molecular formula is C19H30FN. The molecule has 1 saturated carbocycles. The molecule has 1 aliphatic carbocycles. The van der Waals surface area contributed by atoms with Crippen molar-refractivity contribution in [2.75, 3.05) is 6.54 Å². The lowest BCUT2D eigenvalue weighted by molar-refractivity contribution is 0.321. The number of hydrogen-bond donors (Lipinski definition) is 1. The van der Waals surface area contributed by atoms with Gasteiger partial charge >= 0.3 is 0 Å². The summed E-state index contributed by atoms with van der Waals surface area (Å²) in [6, 6.07) is 5.29. The molecule has 2 unspecified atom stereocenters. The molecule has 0 bridgehead atoms. The van der Waals surface area contributed by atoms with Gasteiger partial charge in [0.15, 0.2) is 0 Å². The Hall–Kier alpha value is -0.890. The van der Waals surface area contributed by atoms with Gasteiger partial charge in [0.05, 0.1) is 0 Å². The molecule has 1 N–H and O–H groups in total. The van der Waals surface area contributed by atoms with E-state index in [0.717, 1.165) is 6.54 Å². The van der Waals surface area contributed by atoms with E-state index in [0.29, 0.717) is 11.8 Å². The van der Waals surface area contributed by atoms with E-state index >= 15 is 0 Å². The van der Waals surface area contributed by atoms with Crippen LogP contribution in [-0.2, 0) is 0 Å². The summed E-state index contributed by atoms with van der Waals surface area (Å²) in [4.78, 5) is 0. The van der Waals surface area contributed by atoms with Crippen LogP contribution < -0.4 is 5.32 Å². The van der Waals surface area contributed by atoms with Gasteiger partial charge in [-0.1, -0.05) is 25.3 Å². The monoisotopic (exact) mass is 291 g/mol. The number of nitrogens with one attached hydrogen (secondary N) is 1. The predicted molar refractivity (Wildman–Crippen MR) is 88.2 cm³/mol. The number of benzene rings is 1. The van der Waals surface area contributed by atoms with Crippen LogP contribution in [0.3, 0.4) is 0 Å². The van der Waals surface area contributed by atoms with Gasteiger partial charge in [-0.25, -0.2) is 4.39 Å². The molecule has 2 atom stereocenters. The van der Waals surface area contributed by atoms with Crippen LogP contribution in [0.15, 0.2) is 18.2 Å². The minimum atomic E-state index is -0.0950. The van der Waals surface area contributed by atoms with Crippen molar-refractivity contribution in [2.45, 2.75) is 71.3 Å². The molecule has 0 radical (unpaired) electrons. The van der Waals surface area contributed by atoms with E-state index in [1.807, 2.05) is 6.07 Å². The molecule has 0 saturated heterocycles. The minimum absolute atomic E-state index is 0.0950. The van der Waals surface area contributed by atoms with Gasteiger partial charge in [-0.2, -0.15) is 0 Å². The molecule has 1 nitrogen and oxygen atoms in total. The summed E-state index contributed by atoms with van der Waals surface area (Å²) in [6.07, 6.45) is 6.34. The number of aryl methyl sites for hydroxylation is 1. The van der Waals surface area contributed by atoms with Crippen molar-refractivity contribution >= 4 is 0 Å². The number of halogens is 1. The van der Waals surface area contributed by atoms with E-state index in [1.54, 1.807) is 12.1 Å². The molecule has 2 heteroatoms. The van der Waals surface area contributed by atoms with Crippen LogP contribution in [-0.4, -0.2) is 12.1 Å². The highest BCUT2D eigenvalue weighted by atomic mass is 19.1. The van der Waals surface area contributed by atoms with E-state index < -0.39 is 0 Å². The second-order valence-electron chi connectivity index (χ2n) is 7.64. The number of hydrogen-bond acceptors (Lipinski definition) is 1. The Labute approximate surface area is 129 Å². The summed E-state index contributed by atoms with van der Waals surface area (Å²) in [6.45, 7) is 9.79. The maximum absolute atomic E-state index is 13.7. The Morgan fingerprint density at radius 1 is 1.14 bits per heavy atom. The summed E-state index contributed by atoms with van der Waals surface area (Å²) in [5, 5.41) is 3.66. The summed E-state index contributed by atoms with van der Waals surface area (Å²) in [5.74, 6) is 1.02. The van der Waals surface area contributed by atoms with E-state index in [9.17, 15) is 4.39 Å². The SMILES string of the molecule is Cc1ccc(F)cc1C1CCCCCC1CNC(C)(C)C. The first-order valence-electron chi connectivity index (χ1n) is 8.38. The molecule has 0 heterocycles. The van der Waals surface area contributed by atoms with Crippen LogP contribution >= 0.6 is 0 Å². The van der Waals surface area contributed by atoms with Gasteiger partial charge in [0.25, 0.3) is 0 Å². The first-order chi connectivity index (χ1) is 9.87. The van der Waals surface area contributed by atoms with Gasteiger partial charge in [0.1, 0.15) is 5.82 Å². The molecule has 0 spiro atoms. The molecule has 1 aromatic carbocycles. The lowest BCUT2D eigenvalue weighted by Gasteiger charge is -2.31. The molecule has 0 aromatic heterocycles. The van der Waals surface area contributed by atoms with Crippen LogP contribution in [0.4, 0.5) is 4.39 Å². The fourth-order valence-corrected chi connectivity index (χ4v) is 3.49. The molecular weight excluding hydrogens is 261 g/mol. The molecule has 2 rings (SSSR count). The van der Waals surface area contributed by atoms with Crippen LogP contribution in [0.5, 0.6) is 0 Å². The molecule has 118 valence electrons. The zero-order valence-corrected chi connectivity index (χ0v) is 14.0. The highest BCUT2D eigenvalue weighted by Crippen LogP contribution is 2.38. The lowest BCUT2D eigenvalue weighted by Crippen LogP contribution is -2.40. The zero-order chi connectivity index (χ0) is 15.5.